The van der Waals surface area contributed by atoms with Gasteiger partial charge in [0, 0.05) is 25.8 Å². The summed E-state index contributed by atoms with van der Waals surface area (Å²) in [6.45, 7) is 2.54. The van der Waals surface area contributed by atoms with Crippen LogP contribution in [0, 0.1) is 0 Å². The van der Waals surface area contributed by atoms with Crippen molar-refractivity contribution in [1.29, 1.82) is 0 Å². The van der Waals surface area contributed by atoms with E-state index in [9.17, 15) is 19.2 Å². The Balaban J connectivity index is 2.10. The number of halogens is 2. The summed E-state index contributed by atoms with van der Waals surface area (Å²) >= 11 is 11.8. The quantitative estimate of drug-likeness (QED) is 0.424. The van der Waals surface area contributed by atoms with Crippen LogP contribution >= 0.6 is 23.2 Å². The Morgan fingerprint density at radius 3 is 2.13 bits per heavy atom. The maximum absolute atomic E-state index is 12.3. The normalized spacial score (nSPS) is 22.7. The van der Waals surface area contributed by atoms with Crippen molar-refractivity contribution in [3.63, 3.8) is 0 Å². The van der Waals surface area contributed by atoms with Gasteiger partial charge in [0.1, 0.15) is 5.75 Å². The Hall–Kier alpha value is -2.56. The van der Waals surface area contributed by atoms with E-state index in [-0.39, 0.29) is 17.4 Å². The van der Waals surface area contributed by atoms with Crippen molar-refractivity contribution in [2.24, 2.45) is 0 Å². The van der Waals surface area contributed by atoms with Gasteiger partial charge < -0.3 is 28.4 Å². The van der Waals surface area contributed by atoms with E-state index in [1.807, 2.05) is 0 Å². The fourth-order valence-corrected chi connectivity index (χ4v) is 3.17. The van der Waals surface area contributed by atoms with E-state index in [0.717, 1.165) is 20.8 Å². The highest BCUT2D eigenvalue weighted by atomic mass is 35.5. The number of hydrogen-bond donors (Lipinski definition) is 0. The van der Waals surface area contributed by atoms with Gasteiger partial charge in [0.15, 0.2) is 18.8 Å². The fourth-order valence-electron chi connectivity index (χ4n) is 2.70. The molecule has 1 aliphatic heterocycles. The van der Waals surface area contributed by atoms with Crippen LogP contribution in [0.5, 0.6) is 5.75 Å². The Morgan fingerprint density at radius 1 is 0.935 bits per heavy atom. The molecule has 0 N–H and O–H groups in total. The fraction of sp³-hybridized carbons (Fsp3) is 0.474. The lowest BCUT2D eigenvalue weighted by Gasteiger charge is -2.39. The third kappa shape index (κ3) is 7.57. The molecule has 0 aromatic heterocycles. The zero-order chi connectivity index (χ0) is 23.1. The molecule has 31 heavy (non-hydrogen) atoms. The van der Waals surface area contributed by atoms with Gasteiger partial charge in [-0.3, -0.25) is 14.4 Å². The van der Waals surface area contributed by atoms with Gasteiger partial charge in [0.2, 0.25) is 12.4 Å². The highest BCUT2D eigenvalue weighted by Crippen LogP contribution is 2.28. The molecular formula is C19H20Cl2O10. The van der Waals surface area contributed by atoms with Crippen LogP contribution in [0.2, 0.25) is 10.0 Å². The predicted octanol–water partition coefficient (Wildman–Crippen LogP) is 2.07. The average molecular weight is 479 g/mol. The molecule has 0 saturated carbocycles. The van der Waals surface area contributed by atoms with Crippen molar-refractivity contribution < 1.29 is 47.6 Å². The Morgan fingerprint density at radius 2 is 1.55 bits per heavy atom. The molecule has 4 atom stereocenters. The van der Waals surface area contributed by atoms with Crippen molar-refractivity contribution in [2.45, 2.75) is 45.4 Å². The van der Waals surface area contributed by atoms with Crippen LogP contribution in [0.3, 0.4) is 0 Å². The second kappa shape index (κ2) is 11.2. The second-order valence-electron chi connectivity index (χ2n) is 6.35. The van der Waals surface area contributed by atoms with E-state index >= 15 is 0 Å². The van der Waals surface area contributed by atoms with Crippen LogP contribution < -0.4 is 4.74 Å². The molecule has 0 aliphatic carbocycles. The molecule has 1 heterocycles. The predicted molar refractivity (Wildman–Crippen MR) is 104 cm³/mol. The van der Waals surface area contributed by atoms with Gasteiger partial charge in [-0.05, 0) is 18.2 Å². The van der Waals surface area contributed by atoms with Crippen molar-refractivity contribution in [3.8, 4) is 5.75 Å². The molecule has 170 valence electrons. The van der Waals surface area contributed by atoms with E-state index in [2.05, 4.69) is 0 Å². The van der Waals surface area contributed by atoms with E-state index < -0.39 is 55.1 Å². The van der Waals surface area contributed by atoms with Crippen molar-refractivity contribution in [2.75, 3.05) is 13.2 Å². The highest BCUT2D eigenvalue weighted by molar-refractivity contribution is 6.35. The molecule has 1 aliphatic rings. The molecule has 2 rings (SSSR count). The van der Waals surface area contributed by atoms with Crippen molar-refractivity contribution >= 4 is 47.1 Å². The maximum Gasteiger partial charge on any atom is 0.346 e. The molecule has 0 unspecified atom stereocenters. The van der Waals surface area contributed by atoms with Gasteiger partial charge in [-0.2, -0.15) is 0 Å². The topological polar surface area (TPSA) is 124 Å². The van der Waals surface area contributed by atoms with Crippen LogP contribution in [0.25, 0.3) is 0 Å². The number of carbonyl (C=O) groups excluding carboxylic acids is 4. The van der Waals surface area contributed by atoms with Gasteiger partial charge in [-0.15, -0.1) is 0 Å². The number of rotatable bonds is 7. The van der Waals surface area contributed by atoms with Gasteiger partial charge in [0.05, 0.1) is 11.6 Å². The zero-order valence-corrected chi connectivity index (χ0v) is 18.3. The SMILES string of the molecule is CC(=O)O[C@@H]1[C@@H](OC(C)=O)[C@H](OC(=O)COc2ccc(Cl)cc2Cl)OC[C@H]1OC(C)=O. The number of carbonyl (C=O) groups is 4. The van der Waals surface area contributed by atoms with E-state index in [1.54, 1.807) is 0 Å². The molecule has 1 fully saturated rings. The summed E-state index contributed by atoms with van der Waals surface area (Å²) in [5.74, 6) is -2.86. The molecule has 1 saturated heterocycles. The molecular weight excluding hydrogens is 459 g/mol. The first-order valence-electron chi connectivity index (χ1n) is 8.97. The van der Waals surface area contributed by atoms with Crippen LogP contribution in [0.1, 0.15) is 20.8 Å². The van der Waals surface area contributed by atoms with Crippen LogP contribution in [0.15, 0.2) is 18.2 Å². The molecule has 0 amide bonds. The summed E-state index contributed by atoms with van der Waals surface area (Å²) in [7, 11) is 0. The van der Waals surface area contributed by atoms with Crippen molar-refractivity contribution in [1.82, 2.24) is 0 Å². The summed E-state index contributed by atoms with van der Waals surface area (Å²) < 4.78 is 31.2. The lowest BCUT2D eigenvalue weighted by molar-refractivity contribution is -0.274. The summed E-state index contributed by atoms with van der Waals surface area (Å²) in [6, 6.07) is 4.43. The molecule has 0 spiro atoms. The van der Waals surface area contributed by atoms with E-state index in [0.29, 0.717) is 5.02 Å². The van der Waals surface area contributed by atoms with E-state index in [1.165, 1.54) is 18.2 Å². The first kappa shape index (κ1) is 24.7. The van der Waals surface area contributed by atoms with Crippen LogP contribution in [-0.2, 0) is 42.9 Å². The Bertz CT molecular complexity index is 843. The van der Waals surface area contributed by atoms with Gasteiger partial charge >= 0.3 is 23.9 Å². The van der Waals surface area contributed by atoms with Crippen LogP contribution in [0.4, 0.5) is 0 Å². The summed E-state index contributed by atoms with van der Waals surface area (Å²) in [5, 5.41) is 0.574. The average Bonchev–Trinajstić information content (AvgIpc) is 2.64. The smallest absolute Gasteiger partial charge is 0.346 e. The lowest BCUT2D eigenvalue weighted by atomic mass is 10.0. The Labute approximate surface area is 187 Å². The second-order valence-corrected chi connectivity index (χ2v) is 7.19. The van der Waals surface area contributed by atoms with E-state index in [4.69, 9.17) is 51.6 Å². The minimum absolute atomic E-state index is 0.186. The molecule has 0 radical (unpaired) electrons. The van der Waals surface area contributed by atoms with Gasteiger partial charge in [-0.1, -0.05) is 23.2 Å². The molecule has 1 aromatic carbocycles. The summed E-state index contributed by atoms with van der Waals surface area (Å²) in [6.07, 6.45) is -5.17. The molecule has 0 bridgehead atoms. The zero-order valence-electron chi connectivity index (χ0n) is 16.8. The van der Waals surface area contributed by atoms with Gasteiger partial charge in [0.25, 0.3) is 0 Å². The number of hydrogen-bond acceptors (Lipinski definition) is 10. The number of ether oxygens (including phenoxy) is 6. The number of esters is 4. The first-order valence-corrected chi connectivity index (χ1v) is 9.73. The largest absolute Gasteiger partial charge is 0.480 e. The van der Waals surface area contributed by atoms with Gasteiger partial charge in [-0.25, -0.2) is 4.79 Å². The number of benzene rings is 1. The minimum atomic E-state index is -1.45. The maximum atomic E-state index is 12.3. The van der Waals surface area contributed by atoms with Crippen LogP contribution in [-0.4, -0.2) is 61.7 Å². The van der Waals surface area contributed by atoms with Crippen molar-refractivity contribution in [3.05, 3.63) is 28.2 Å². The summed E-state index contributed by atoms with van der Waals surface area (Å²) in [4.78, 5) is 46.7. The minimum Gasteiger partial charge on any atom is -0.480 e. The monoisotopic (exact) mass is 478 g/mol. The molecule has 12 heteroatoms. The third-order valence-corrected chi connectivity index (χ3v) is 4.32. The highest BCUT2D eigenvalue weighted by Gasteiger charge is 2.48. The third-order valence-electron chi connectivity index (χ3n) is 3.79. The lowest BCUT2D eigenvalue weighted by Crippen LogP contribution is -2.58. The first-order chi connectivity index (χ1) is 14.6. The summed E-state index contributed by atoms with van der Waals surface area (Å²) in [5.41, 5.74) is 0. The molecule has 1 aromatic rings. The molecule has 10 nitrogen and oxygen atoms in total. The Kier molecular flexibility index (Phi) is 8.90. The standard InChI is InChI=1S/C19H20Cl2O10/c1-9(22)28-15-7-27-19(18(30-11(3)24)17(15)29-10(2)23)31-16(25)8-26-14-5-4-12(20)6-13(14)21/h4-6,15,17-19H,7-8H2,1-3H3/t15-,17+,18-,19+/m1/s1.